The van der Waals surface area contributed by atoms with Crippen molar-refractivity contribution in [3.8, 4) is 5.69 Å². The molecular weight excluding hydrogens is 431 g/mol. The summed E-state index contributed by atoms with van der Waals surface area (Å²) in [5.74, 6) is -0.684. The lowest BCUT2D eigenvalue weighted by molar-refractivity contribution is -0.143. The zero-order valence-electron chi connectivity index (χ0n) is 17.7. The summed E-state index contributed by atoms with van der Waals surface area (Å²) in [6.45, 7) is 2.37. The number of hydrogen-bond donors (Lipinski definition) is 1. The molecule has 4 aromatic rings. The second-order valence-corrected chi connectivity index (χ2v) is 7.98. The van der Waals surface area contributed by atoms with E-state index in [2.05, 4.69) is 15.1 Å². The first kappa shape index (κ1) is 21.0. The van der Waals surface area contributed by atoms with Gasteiger partial charge in [-0.25, -0.2) is 9.67 Å². The number of pyridine rings is 1. The fourth-order valence-electron chi connectivity index (χ4n) is 4.15. The van der Waals surface area contributed by atoms with Crippen LogP contribution < -0.4 is 0 Å². The molecular formula is C24H20F3N5O. The Hall–Kier alpha value is -3.88. The van der Waals surface area contributed by atoms with Gasteiger partial charge in [0.1, 0.15) is 5.65 Å². The average Bonchev–Trinajstić information content (AvgIpc) is 3.44. The van der Waals surface area contributed by atoms with E-state index in [1.54, 1.807) is 30.5 Å². The van der Waals surface area contributed by atoms with Crippen LogP contribution in [0.4, 0.5) is 13.2 Å². The standard InChI is InChI=1S/C24H20F3N5O/c1-15-4-6-17(7-5-15)32-21(24(25,26)27)20(14-30-32)23(33)31-11-8-16(9-12-31)19-13-29-22-18(19)3-2-10-28-22/h2-8,10,13-14H,9,11-12H2,1H3,(H,28,29). The van der Waals surface area contributed by atoms with Gasteiger partial charge in [0.25, 0.3) is 5.91 Å². The minimum absolute atomic E-state index is 0.216. The van der Waals surface area contributed by atoms with E-state index in [-0.39, 0.29) is 12.2 Å². The number of H-pyrrole nitrogens is 1. The van der Waals surface area contributed by atoms with Crippen molar-refractivity contribution in [2.45, 2.75) is 19.5 Å². The monoisotopic (exact) mass is 451 g/mol. The summed E-state index contributed by atoms with van der Waals surface area (Å²) >= 11 is 0. The highest BCUT2D eigenvalue weighted by atomic mass is 19.4. The Balaban J connectivity index is 1.44. The van der Waals surface area contributed by atoms with Crippen LogP contribution >= 0.6 is 0 Å². The lowest BCUT2D eigenvalue weighted by Crippen LogP contribution is -2.35. The Bertz CT molecular complexity index is 1370. The van der Waals surface area contributed by atoms with Crippen LogP contribution in [-0.2, 0) is 6.18 Å². The van der Waals surface area contributed by atoms with Gasteiger partial charge < -0.3 is 9.88 Å². The molecule has 5 rings (SSSR count). The molecule has 0 spiro atoms. The third-order valence-electron chi connectivity index (χ3n) is 5.84. The number of aromatic nitrogens is 4. The number of aromatic amines is 1. The Morgan fingerprint density at radius 2 is 1.94 bits per heavy atom. The highest BCUT2D eigenvalue weighted by molar-refractivity contribution is 5.97. The number of carbonyl (C=O) groups is 1. The largest absolute Gasteiger partial charge is 0.434 e. The SMILES string of the molecule is Cc1ccc(-n2ncc(C(=O)N3CC=C(c4c[nH]c5ncccc45)CC3)c2C(F)(F)F)cc1. The maximum Gasteiger partial charge on any atom is 0.434 e. The lowest BCUT2D eigenvalue weighted by atomic mass is 9.99. The van der Waals surface area contributed by atoms with Gasteiger partial charge in [-0.05, 0) is 43.2 Å². The molecule has 168 valence electrons. The maximum absolute atomic E-state index is 14.0. The minimum atomic E-state index is -4.74. The van der Waals surface area contributed by atoms with Gasteiger partial charge in [0.05, 0.1) is 17.4 Å². The van der Waals surface area contributed by atoms with Gasteiger partial charge in [0, 0.05) is 36.4 Å². The number of carbonyl (C=O) groups excluding carboxylic acids is 1. The molecule has 0 saturated heterocycles. The molecule has 0 atom stereocenters. The van der Waals surface area contributed by atoms with E-state index in [0.29, 0.717) is 13.0 Å². The normalized spacial score (nSPS) is 14.5. The molecule has 1 aromatic carbocycles. The van der Waals surface area contributed by atoms with Crippen molar-refractivity contribution in [2.24, 2.45) is 0 Å². The molecule has 3 aromatic heterocycles. The minimum Gasteiger partial charge on any atom is -0.346 e. The molecule has 0 bridgehead atoms. The number of hydrogen-bond acceptors (Lipinski definition) is 3. The van der Waals surface area contributed by atoms with E-state index in [1.165, 1.54) is 4.90 Å². The van der Waals surface area contributed by atoms with E-state index >= 15 is 0 Å². The molecule has 0 radical (unpaired) electrons. The molecule has 0 unspecified atom stereocenters. The van der Waals surface area contributed by atoms with Crippen LogP contribution in [-0.4, -0.2) is 43.6 Å². The molecule has 0 fully saturated rings. The van der Waals surface area contributed by atoms with Crippen LogP contribution in [0, 0.1) is 6.92 Å². The number of amides is 1. The zero-order valence-corrected chi connectivity index (χ0v) is 17.7. The third-order valence-corrected chi connectivity index (χ3v) is 5.84. The van der Waals surface area contributed by atoms with Gasteiger partial charge in [-0.15, -0.1) is 0 Å². The number of fused-ring (bicyclic) bond motifs is 1. The van der Waals surface area contributed by atoms with Gasteiger partial charge in [-0.2, -0.15) is 18.3 Å². The Morgan fingerprint density at radius 3 is 2.64 bits per heavy atom. The fraction of sp³-hybridized carbons (Fsp3) is 0.208. The zero-order chi connectivity index (χ0) is 23.2. The van der Waals surface area contributed by atoms with Crippen LogP contribution in [0.5, 0.6) is 0 Å². The number of rotatable bonds is 3. The maximum atomic E-state index is 14.0. The van der Waals surface area contributed by atoms with Crippen molar-refractivity contribution in [3.05, 3.63) is 83.4 Å². The first-order chi connectivity index (χ1) is 15.8. The van der Waals surface area contributed by atoms with E-state index in [9.17, 15) is 18.0 Å². The summed E-state index contributed by atoms with van der Waals surface area (Å²) < 4.78 is 42.7. The van der Waals surface area contributed by atoms with Crippen LogP contribution in [0.1, 0.15) is 33.6 Å². The second kappa shape index (κ2) is 7.91. The summed E-state index contributed by atoms with van der Waals surface area (Å²) in [5.41, 5.74) is 2.45. The molecule has 1 N–H and O–H groups in total. The first-order valence-corrected chi connectivity index (χ1v) is 10.5. The number of halogens is 3. The summed E-state index contributed by atoms with van der Waals surface area (Å²) in [7, 11) is 0. The third kappa shape index (κ3) is 3.79. The van der Waals surface area contributed by atoms with Crippen molar-refractivity contribution in [1.82, 2.24) is 24.6 Å². The van der Waals surface area contributed by atoms with Gasteiger partial charge >= 0.3 is 6.18 Å². The summed E-state index contributed by atoms with van der Waals surface area (Å²) in [5, 5.41) is 4.89. The van der Waals surface area contributed by atoms with Gasteiger partial charge in [-0.1, -0.05) is 23.8 Å². The van der Waals surface area contributed by atoms with Crippen molar-refractivity contribution in [3.63, 3.8) is 0 Å². The molecule has 1 amide bonds. The number of nitrogens with one attached hydrogen (secondary N) is 1. The number of aryl methyl sites for hydroxylation is 1. The molecule has 1 aliphatic heterocycles. The fourth-order valence-corrected chi connectivity index (χ4v) is 4.15. The predicted octanol–water partition coefficient (Wildman–Crippen LogP) is 5.01. The van der Waals surface area contributed by atoms with Gasteiger partial charge in [-0.3, -0.25) is 4.79 Å². The Kier molecular flexibility index (Phi) is 5.03. The summed E-state index contributed by atoms with van der Waals surface area (Å²) in [6.07, 6.45) is 2.26. The molecule has 9 heteroatoms. The summed E-state index contributed by atoms with van der Waals surface area (Å²) in [4.78, 5) is 21.9. The molecule has 4 heterocycles. The van der Waals surface area contributed by atoms with Gasteiger partial charge in [0.2, 0.25) is 0 Å². The average molecular weight is 451 g/mol. The van der Waals surface area contributed by atoms with Crippen LogP contribution in [0.3, 0.4) is 0 Å². The number of nitrogens with zero attached hydrogens (tertiary/aromatic N) is 4. The molecule has 1 aliphatic rings. The van der Waals surface area contributed by atoms with Crippen molar-refractivity contribution in [2.75, 3.05) is 13.1 Å². The van der Waals surface area contributed by atoms with Gasteiger partial charge in [0.15, 0.2) is 5.69 Å². The van der Waals surface area contributed by atoms with E-state index in [0.717, 1.165) is 38.6 Å². The quantitative estimate of drug-likeness (QED) is 0.477. The lowest BCUT2D eigenvalue weighted by Gasteiger charge is -2.26. The highest BCUT2D eigenvalue weighted by Crippen LogP contribution is 2.35. The van der Waals surface area contributed by atoms with Crippen molar-refractivity contribution >= 4 is 22.5 Å². The molecule has 6 nitrogen and oxygen atoms in total. The Morgan fingerprint density at radius 1 is 1.15 bits per heavy atom. The topological polar surface area (TPSA) is 66.8 Å². The van der Waals surface area contributed by atoms with E-state index in [4.69, 9.17) is 0 Å². The summed E-state index contributed by atoms with van der Waals surface area (Å²) in [6, 6.07) is 10.3. The van der Waals surface area contributed by atoms with E-state index < -0.39 is 23.3 Å². The molecule has 0 saturated carbocycles. The van der Waals surface area contributed by atoms with E-state index in [1.807, 2.05) is 31.3 Å². The predicted molar refractivity (Wildman–Crippen MR) is 118 cm³/mol. The first-order valence-electron chi connectivity index (χ1n) is 10.5. The highest BCUT2D eigenvalue weighted by Gasteiger charge is 2.41. The number of benzene rings is 1. The Labute approximate surface area is 187 Å². The van der Waals surface area contributed by atoms with Crippen LogP contribution in [0.25, 0.3) is 22.3 Å². The van der Waals surface area contributed by atoms with Crippen molar-refractivity contribution < 1.29 is 18.0 Å². The van der Waals surface area contributed by atoms with Crippen LogP contribution in [0.15, 0.2) is 61.1 Å². The van der Waals surface area contributed by atoms with Crippen molar-refractivity contribution in [1.29, 1.82) is 0 Å². The smallest absolute Gasteiger partial charge is 0.346 e. The second-order valence-electron chi connectivity index (χ2n) is 7.98. The molecule has 0 aliphatic carbocycles. The number of alkyl halides is 3. The van der Waals surface area contributed by atoms with Crippen LogP contribution in [0.2, 0.25) is 0 Å². The molecule has 33 heavy (non-hydrogen) atoms.